The van der Waals surface area contributed by atoms with Crippen molar-refractivity contribution in [3.63, 3.8) is 0 Å². The second kappa shape index (κ2) is 2.78. The lowest BCUT2D eigenvalue weighted by atomic mass is 10.8. The van der Waals surface area contributed by atoms with Gasteiger partial charge in [-0.2, -0.15) is 0 Å². The van der Waals surface area contributed by atoms with Crippen molar-refractivity contribution in [3.8, 4) is 0 Å². The highest BCUT2D eigenvalue weighted by molar-refractivity contribution is 7.80. The van der Waals surface area contributed by atoms with Gasteiger partial charge >= 0.3 is 0 Å². The first-order valence-electron chi connectivity index (χ1n) is 1.48. The Kier molecular flexibility index (Phi) is 2.58. The first kappa shape index (κ1) is 5.56. The van der Waals surface area contributed by atoms with Gasteiger partial charge in [0.1, 0.15) is 0 Å². The minimum absolute atomic E-state index is 0.505. The van der Waals surface area contributed by atoms with Gasteiger partial charge in [-0.05, 0) is 6.92 Å². The summed E-state index contributed by atoms with van der Waals surface area (Å²) in [4.78, 5) is 9.92. The van der Waals surface area contributed by atoms with E-state index in [0.717, 1.165) is 0 Å². The van der Waals surface area contributed by atoms with Crippen molar-refractivity contribution in [2.75, 3.05) is 0 Å². The maximum atomic E-state index is 9.42. The molecule has 0 fully saturated rings. The van der Waals surface area contributed by atoms with E-state index in [1.54, 1.807) is 6.92 Å². The highest BCUT2D eigenvalue weighted by atomic mass is 32.1. The van der Waals surface area contributed by atoms with Gasteiger partial charge in [-0.15, -0.1) is 0 Å². The number of carbonyl (C=O) groups is 1. The van der Waals surface area contributed by atoms with E-state index >= 15 is 0 Å². The van der Waals surface area contributed by atoms with Crippen molar-refractivity contribution in [1.29, 1.82) is 0 Å². The Balaban J connectivity index is 3.05. The van der Waals surface area contributed by atoms with Crippen LogP contribution in [-0.4, -0.2) is 11.4 Å². The van der Waals surface area contributed by atoms with Gasteiger partial charge in [-0.3, -0.25) is 4.79 Å². The Morgan fingerprint density at radius 1 is 2.00 bits per heavy atom. The average Bonchev–Trinajstić information content (AvgIpc) is 1.35. The standard InChI is InChI=1S/C3H5NOS/c1-3(6)4-2-5/h2H,1H3,(H,4,5,6). The number of carbonyl (C=O) groups excluding carboxylic acids is 1. The molecule has 0 unspecified atom stereocenters. The predicted molar refractivity (Wildman–Crippen MR) is 27.5 cm³/mol. The largest absolute Gasteiger partial charge is 0.323 e. The lowest BCUT2D eigenvalue weighted by Gasteiger charge is -1.83. The van der Waals surface area contributed by atoms with Gasteiger partial charge < -0.3 is 5.32 Å². The molecular formula is C3H5NOS. The molecule has 0 aliphatic heterocycles. The van der Waals surface area contributed by atoms with E-state index in [1.807, 2.05) is 0 Å². The zero-order valence-corrected chi connectivity index (χ0v) is 4.21. The van der Waals surface area contributed by atoms with Crippen molar-refractivity contribution in [2.45, 2.75) is 6.92 Å². The van der Waals surface area contributed by atoms with Crippen LogP contribution in [0.1, 0.15) is 6.92 Å². The van der Waals surface area contributed by atoms with Crippen molar-refractivity contribution in [2.24, 2.45) is 0 Å². The first-order valence-corrected chi connectivity index (χ1v) is 1.89. The van der Waals surface area contributed by atoms with Crippen LogP contribution in [0.2, 0.25) is 0 Å². The number of hydrogen-bond acceptors (Lipinski definition) is 2. The Morgan fingerprint density at radius 3 is 2.50 bits per heavy atom. The van der Waals surface area contributed by atoms with Crippen molar-refractivity contribution >= 4 is 23.6 Å². The van der Waals surface area contributed by atoms with Crippen LogP contribution < -0.4 is 5.32 Å². The molecule has 0 aliphatic rings. The minimum atomic E-state index is 0.505. The molecule has 0 bridgehead atoms. The second-order valence-electron chi connectivity index (χ2n) is 0.818. The second-order valence-corrected chi connectivity index (χ2v) is 1.43. The molecule has 6 heavy (non-hydrogen) atoms. The highest BCUT2D eigenvalue weighted by Crippen LogP contribution is 1.57. The molecule has 0 aromatic heterocycles. The summed E-state index contributed by atoms with van der Waals surface area (Å²) in [6.45, 7) is 1.64. The number of thiocarbonyl (C=S) groups is 1. The summed E-state index contributed by atoms with van der Waals surface area (Å²) < 4.78 is 0. The molecule has 0 aromatic carbocycles. The van der Waals surface area contributed by atoms with Crippen LogP contribution in [-0.2, 0) is 4.79 Å². The molecule has 0 aliphatic carbocycles. The fourth-order valence-corrected chi connectivity index (χ4v) is 0.131. The van der Waals surface area contributed by atoms with E-state index in [1.165, 1.54) is 0 Å². The van der Waals surface area contributed by atoms with Gasteiger partial charge in [-0.1, -0.05) is 12.2 Å². The molecule has 1 amide bonds. The molecule has 0 saturated heterocycles. The average molecular weight is 103 g/mol. The Morgan fingerprint density at radius 2 is 2.50 bits per heavy atom. The number of hydrogen-bond donors (Lipinski definition) is 1. The quantitative estimate of drug-likeness (QED) is 0.376. The van der Waals surface area contributed by atoms with Crippen LogP contribution in [0.3, 0.4) is 0 Å². The molecule has 3 heteroatoms. The van der Waals surface area contributed by atoms with Crippen molar-refractivity contribution < 1.29 is 4.79 Å². The van der Waals surface area contributed by atoms with Crippen LogP contribution in [0, 0.1) is 0 Å². The summed E-state index contributed by atoms with van der Waals surface area (Å²) in [7, 11) is 0. The zero-order valence-electron chi connectivity index (χ0n) is 3.39. The SMILES string of the molecule is CC(=S)NC=O. The Hall–Kier alpha value is -0.440. The zero-order chi connectivity index (χ0) is 4.99. The molecule has 0 radical (unpaired) electrons. The minimum Gasteiger partial charge on any atom is -0.323 e. The summed E-state index contributed by atoms with van der Waals surface area (Å²) in [6.07, 6.45) is 0.558. The van der Waals surface area contributed by atoms with Crippen LogP contribution in [0.15, 0.2) is 0 Å². The van der Waals surface area contributed by atoms with Crippen LogP contribution in [0.25, 0.3) is 0 Å². The molecule has 0 atom stereocenters. The smallest absolute Gasteiger partial charge is 0.211 e. The predicted octanol–water partition coefficient (Wildman–Crippen LogP) is 0.0797. The third-order valence-electron chi connectivity index (χ3n) is 0.262. The monoisotopic (exact) mass is 103 g/mol. The molecule has 2 nitrogen and oxygen atoms in total. The Bertz CT molecular complexity index is 71.2. The fourth-order valence-electron chi connectivity index (χ4n) is 0.0830. The number of amides is 1. The van der Waals surface area contributed by atoms with E-state index in [2.05, 4.69) is 17.5 Å². The summed E-state index contributed by atoms with van der Waals surface area (Å²) in [6, 6.07) is 0. The van der Waals surface area contributed by atoms with E-state index in [-0.39, 0.29) is 0 Å². The lowest BCUT2D eigenvalue weighted by Crippen LogP contribution is -2.14. The number of nitrogens with one attached hydrogen (secondary N) is 1. The third kappa shape index (κ3) is 3.56. The van der Waals surface area contributed by atoms with Gasteiger partial charge in [0.05, 0.1) is 4.99 Å². The molecule has 1 N–H and O–H groups in total. The molecule has 0 saturated carbocycles. The lowest BCUT2D eigenvalue weighted by molar-refractivity contribution is -0.108. The van der Waals surface area contributed by atoms with Gasteiger partial charge in [-0.25, -0.2) is 0 Å². The fraction of sp³-hybridized carbons (Fsp3) is 0.333. The van der Waals surface area contributed by atoms with Gasteiger partial charge in [0.25, 0.3) is 0 Å². The summed E-state index contributed by atoms with van der Waals surface area (Å²) in [5.74, 6) is 0. The Labute approximate surface area is 41.5 Å². The summed E-state index contributed by atoms with van der Waals surface area (Å²) in [5, 5.41) is 2.26. The van der Waals surface area contributed by atoms with Crippen LogP contribution in [0.5, 0.6) is 0 Å². The van der Waals surface area contributed by atoms with Crippen LogP contribution >= 0.6 is 12.2 Å². The van der Waals surface area contributed by atoms with Crippen molar-refractivity contribution in [3.05, 3.63) is 0 Å². The third-order valence-corrected chi connectivity index (χ3v) is 0.380. The van der Waals surface area contributed by atoms with Crippen LogP contribution in [0.4, 0.5) is 0 Å². The molecule has 0 rings (SSSR count). The topological polar surface area (TPSA) is 29.1 Å². The van der Waals surface area contributed by atoms with E-state index < -0.39 is 0 Å². The molecule has 34 valence electrons. The first-order chi connectivity index (χ1) is 2.77. The number of rotatable bonds is 1. The van der Waals surface area contributed by atoms with Gasteiger partial charge in [0.2, 0.25) is 6.41 Å². The molecule has 0 heterocycles. The maximum Gasteiger partial charge on any atom is 0.211 e. The normalized spacial score (nSPS) is 6.83. The maximum absolute atomic E-state index is 9.42. The molecule has 0 spiro atoms. The summed E-state index contributed by atoms with van der Waals surface area (Å²) in [5.41, 5.74) is 0. The van der Waals surface area contributed by atoms with Gasteiger partial charge in [0, 0.05) is 0 Å². The molecular weight excluding hydrogens is 98.1 g/mol. The van der Waals surface area contributed by atoms with Gasteiger partial charge in [0.15, 0.2) is 0 Å². The van der Waals surface area contributed by atoms with Crippen molar-refractivity contribution in [1.82, 2.24) is 5.32 Å². The van der Waals surface area contributed by atoms with E-state index in [9.17, 15) is 4.79 Å². The summed E-state index contributed by atoms with van der Waals surface area (Å²) >= 11 is 4.45. The molecule has 0 aromatic rings. The van der Waals surface area contributed by atoms with E-state index in [0.29, 0.717) is 11.4 Å². The van der Waals surface area contributed by atoms with E-state index in [4.69, 9.17) is 0 Å². The highest BCUT2D eigenvalue weighted by Gasteiger charge is 1.73.